The van der Waals surface area contributed by atoms with Crippen LogP contribution in [-0.2, 0) is 6.42 Å². The van der Waals surface area contributed by atoms with Gasteiger partial charge in [0.05, 0.1) is 5.69 Å². The van der Waals surface area contributed by atoms with Crippen LogP contribution in [0.2, 0.25) is 0 Å². The molecule has 0 aliphatic rings. The monoisotopic (exact) mass is 206 g/mol. The number of nitrogens with zero attached hydrogens (tertiary/aromatic N) is 2. The van der Waals surface area contributed by atoms with E-state index < -0.39 is 11.6 Å². The molecule has 0 amide bonds. The third kappa shape index (κ3) is 1.82. The molecule has 2 aromatic rings. The Labute approximate surface area is 85.6 Å². The van der Waals surface area contributed by atoms with Gasteiger partial charge in [-0.25, -0.2) is 13.8 Å². The van der Waals surface area contributed by atoms with Gasteiger partial charge >= 0.3 is 0 Å². The molecule has 15 heavy (non-hydrogen) atoms. The molecule has 0 saturated carbocycles. The van der Waals surface area contributed by atoms with Gasteiger partial charge in [0.2, 0.25) is 0 Å². The summed E-state index contributed by atoms with van der Waals surface area (Å²) in [6.45, 7) is 0. The van der Waals surface area contributed by atoms with Crippen molar-refractivity contribution in [3.05, 3.63) is 35.8 Å². The highest BCUT2D eigenvalue weighted by Gasteiger charge is 2.07. The molecule has 0 bridgehead atoms. The van der Waals surface area contributed by atoms with E-state index in [1.807, 2.05) is 0 Å². The molecule has 0 aromatic carbocycles. The second-order valence-electron chi connectivity index (χ2n) is 3.17. The van der Waals surface area contributed by atoms with Crippen LogP contribution in [0, 0.1) is 24.0 Å². The summed E-state index contributed by atoms with van der Waals surface area (Å²) in [5.41, 5.74) is 0.792. The summed E-state index contributed by atoms with van der Waals surface area (Å²) >= 11 is 0. The fraction of sp³-hybridized carbons (Fsp3) is 0.182. The van der Waals surface area contributed by atoms with Crippen molar-refractivity contribution in [2.75, 3.05) is 0 Å². The average Bonchev–Trinajstić information content (AvgIpc) is 2.57. The van der Waals surface area contributed by atoms with E-state index in [0.29, 0.717) is 18.5 Å². The molecule has 0 atom stereocenters. The van der Waals surface area contributed by atoms with Gasteiger partial charge in [-0.2, -0.15) is 0 Å². The van der Waals surface area contributed by atoms with Crippen molar-refractivity contribution in [1.82, 2.24) is 9.38 Å². The fourth-order valence-electron chi connectivity index (χ4n) is 1.40. The fourth-order valence-corrected chi connectivity index (χ4v) is 1.40. The van der Waals surface area contributed by atoms with E-state index in [1.165, 1.54) is 10.6 Å². The average molecular weight is 206 g/mol. The molecule has 76 valence electrons. The van der Waals surface area contributed by atoms with Gasteiger partial charge in [0, 0.05) is 31.3 Å². The van der Waals surface area contributed by atoms with Crippen molar-refractivity contribution in [2.24, 2.45) is 0 Å². The Morgan fingerprint density at radius 1 is 1.40 bits per heavy atom. The minimum Gasteiger partial charge on any atom is -0.301 e. The molecule has 2 aromatic heterocycles. The maximum atomic E-state index is 13.2. The molecule has 2 rings (SSSR count). The van der Waals surface area contributed by atoms with Gasteiger partial charge in [0.25, 0.3) is 0 Å². The Balaban J connectivity index is 2.47. The predicted molar refractivity (Wildman–Crippen MR) is 52.3 cm³/mol. The van der Waals surface area contributed by atoms with E-state index in [1.54, 1.807) is 6.20 Å². The van der Waals surface area contributed by atoms with Crippen LogP contribution in [0.4, 0.5) is 8.78 Å². The number of rotatable bonds is 2. The third-order valence-corrected chi connectivity index (χ3v) is 2.05. The number of fused-ring (bicyclic) bond motifs is 1. The van der Waals surface area contributed by atoms with Gasteiger partial charge in [-0.05, 0) is 0 Å². The van der Waals surface area contributed by atoms with Crippen LogP contribution in [0.15, 0.2) is 18.5 Å². The van der Waals surface area contributed by atoms with Crippen molar-refractivity contribution in [1.29, 1.82) is 0 Å². The number of pyridine rings is 1. The van der Waals surface area contributed by atoms with Gasteiger partial charge < -0.3 is 4.40 Å². The van der Waals surface area contributed by atoms with E-state index in [2.05, 4.69) is 10.9 Å². The zero-order valence-corrected chi connectivity index (χ0v) is 7.87. The van der Waals surface area contributed by atoms with Crippen LogP contribution < -0.4 is 0 Å². The number of hydrogen-bond acceptors (Lipinski definition) is 1. The zero-order chi connectivity index (χ0) is 10.8. The maximum Gasteiger partial charge on any atom is 0.173 e. The van der Waals surface area contributed by atoms with Crippen LogP contribution >= 0.6 is 0 Å². The number of hydrogen-bond donors (Lipinski definition) is 0. The summed E-state index contributed by atoms with van der Waals surface area (Å²) in [5.74, 6) is 1.18. The number of aryl methyl sites for hydroxylation is 1. The molecule has 0 radical (unpaired) electrons. The number of aromatic nitrogens is 2. The van der Waals surface area contributed by atoms with Crippen LogP contribution in [0.3, 0.4) is 0 Å². The molecule has 0 aliphatic carbocycles. The highest BCUT2D eigenvalue weighted by Crippen LogP contribution is 2.12. The van der Waals surface area contributed by atoms with Crippen molar-refractivity contribution in [3.8, 4) is 12.3 Å². The lowest BCUT2D eigenvalue weighted by molar-refractivity contribution is 0.576. The SMILES string of the molecule is C#CCCc1cn2cc(F)cc(F)c2n1. The van der Waals surface area contributed by atoms with E-state index in [9.17, 15) is 8.78 Å². The van der Waals surface area contributed by atoms with Gasteiger partial charge in [0.1, 0.15) is 5.82 Å². The Morgan fingerprint density at radius 3 is 2.93 bits per heavy atom. The van der Waals surface area contributed by atoms with Crippen molar-refractivity contribution >= 4 is 5.65 Å². The molecule has 2 nitrogen and oxygen atoms in total. The molecule has 4 heteroatoms. The van der Waals surface area contributed by atoms with E-state index in [0.717, 1.165) is 6.07 Å². The smallest absolute Gasteiger partial charge is 0.173 e. The first-order valence-corrected chi connectivity index (χ1v) is 4.47. The lowest BCUT2D eigenvalue weighted by atomic mass is 10.3. The maximum absolute atomic E-state index is 13.2. The minimum absolute atomic E-state index is 0.128. The van der Waals surface area contributed by atoms with Crippen LogP contribution in [0.5, 0.6) is 0 Å². The van der Waals surface area contributed by atoms with Crippen LogP contribution in [-0.4, -0.2) is 9.38 Å². The van der Waals surface area contributed by atoms with Crippen LogP contribution in [0.25, 0.3) is 5.65 Å². The van der Waals surface area contributed by atoms with Crippen LogP contribution in [0.1, 0.15) is 12.1 Å². The Kier molecular flexibility index (Phi) is 2.38. The van der Waals surface area contributed by atoms with E-state index >= 15 is 0 Å². The highest BCUT2D eigenvalue weighted by atomic mass is 19.1. The summed E-state index contributed by atoms with van der Waals surface area (Å²) in [5, 5.41) is 0. The second kappa shape index (κ2) is 3.70. The van der Waals surface area contributed by atoms with Gasteiger partial charge in [-0.3, -0.25) is 0 Å². The topological polar surface area (TPSA) is 17.3 Å². The number of imidazole rings is 1. The lowest BCUT2D eigenvalue weighted by Gasteiger charge is -1.93. The first-order chi connectivity index (χ1) is 7.20. The quantitative estimate of drug-likeness (QED) is 0.688. The summed E-state index contributed by atoms with van der Waals surface area (Å²) in [6, 6.07) is 0.813. The first kappa shape index (κ1) is 9.66. The largest absolute Gasteiger partial charge is 0.301 e. The molecule has 0 unspecified atom stereocenters. The van der Waals surface area contributed by atoms with Gasteiger partial charge in [-0.15, -0.1) is 12.3 Å². The number of terminal acetylenes is 1. The second-order valence-corrected chi connectivity index (χ2v) is 3.17. The van der Waals surface area contributed by atoms with Crippen molar-refractivity contribution < 1.29 is 8.78 Å². The molecular weight excluding hydrogens is 198 g/mol. The normalized spacial score (nSPS) is 10.5. The molecule has 0 fully saturated rings. The molecule has 0 N–H and O–H groups in total. The van der Waals surface area contributed by atoms with E-state index in [4.69, 9.17) is 6.42 Å². The standard InChI is InChI=1S/C11H8F2N2/c1-2-3-4-9-7-15-6-8(12)5-10(13)11(15)14-9/h1,5-7H,3-4H2. The van der Waals surface area contributed by atoms with E-state index in [-0.39, 0.29) is 5.65 Å². The summed E-state index contributed by atoms with van der Waals surface area (Å²) in [7, 11) is 0. The Hall–Kier alpha value is -1.89. The molecule has 2 heterocycles. The van der Waals surface area contributed by atoms with Gasteiger partial charge in [0.15, 0.2) is 11.5 Å². The van der Waals surface area contributed by atoms with Crippen molar-refractivity contribution in [3.63, 3.8) is 0 Å². The first-order valence-electron chi connectivity index (χ1n) is 4.47. The zero-order valence-electron chi connectivity index (χ0n) is 7.87. The molecule has 0 spiro atoms. The predicted octanol–water partition coefficient (Wildman–Crippen LogP) is 2.18. The Morgan fingerprint density at radius 2 is 2.20 bits per heavy atom. The molecule has 0 saturated heterocycles. The minimum atomic E-state index is -0.665. The third-order valence-electron chi connectivity index (χ3n) is 2.05. The van der Waals surface area contributed by atoms with Crippen molar-refractivity contribution in [2.45, 2.75) is 12.8 Å². The lowest BCUT2D eigenvalue weighted by Crippen LogP contribution is -1.89. The highest BCUT2D eigenvalue weighted by molar-refractivity contribution is 5.41. The number of halogens is 2. The summed E-state index contributed by atoms with van der Waals surface area (Å²) in [6.07, 6.45) is 8.98. The summed E-state index contributed by atoms with van der Waals surface area (Å²) < 4.78 is 27.4. The molecule has 0 aliphatic heterocycles. The Bertz CT molecular complexity index is 537. The summed E-state index contributed by atoms with van der Waals surface area (Å²) in [4.78, 5) is 4.02. The van der Waals surface area contributed by atoms with Gasteiger partial charge in [-0.1, -0.05) is 0 Å². The molecular formula is C11H8F2N2.